The van der Waals surface area contributed by atoms with Crippen LogP contribution in [0.25, 0.3) is 0 Å². The quantitative estimate of drug-likeness (QED) is 0.651. The first-order valence-corrected chi connectivity index (χ1v) is 6.55. The third-order valence-electron chi connectivity index (χ3n) is 2.55. The largest absolute Gasteiger partial charge is 0.382 e. The third-order valence-corrected chi connectivity index (χ3v) is 4.37. The molecule has 1 heterocycles. The van der Waals surface area contributed by atoms with Crippen LogP contribution in [0.3, 0.4) is 0 Å². The number of sulfone groups is 1. The van der Waals surface area contributed by atoms with E-state index in [1.807, 2.05) is 6.92 Å². The fourth-order valence-corrected chi connectivity index (χ4v) is 3.71. The molecule has 1 rings (SSSR count). The van der Waals surface area contributed by atoms with Gasteiger partial charge < -0.3 is 4.74 Å². The van der Waals surface area contributed by atoms with Gasteiger partial charge in [-0.3, -0.25) is 0 Å². The number of ether oxygens (including phenoxy) is 1. The summed E-state index contributed by atoms with van der Waals surface area (Å²) in [6.45, 7) is 2.96. The Kier molecular flexibility index (Phi) is 3.51. The Bertz CT molecular complexity index is 330. The Hall–Kier alpha value is -0.600. The second kappa shape index (κ2) is 4.28. The Morgan fingerprint density at radius 1 is 1.57 bits per heavy atom. The molecule has 0 aliphatic carbocycles. The van der Waals surface area contributed by atoms with Gasteiger partial charge in [-0.15, -0.1) is 0 Å². The molecule has 0 aromatic carbocycles. The van der Waals surface area contributed by atoms with Gasteiger partial charge in [0.25, 0.3) is 0 Å². The van der Waals surface area contributed by atoms with Crippen molar-refractivity contribution in [2.24, 2.45) is 5.41 Å². The first-order valence-electron chi connectivity index (χ1n) is 4.73. The van der Waals surface area contributed by atoms with Crippen molar-refractivity contribution in [3.05, 3.63) is 0 Å². The molecule has 80 valence electrons. The van der Waals surface area contributed by atoms with Gasteiger partial charge in [-0.2, -0.15) is 5.26 Å². The van der Waals surface area contributed by atoms with Crippen molar-refractivity contribution in [2.45, 2.75) is 19.8 Å². The first-order chi connectivity index (χ1) is 6.54. The van der Waals surface area contributed by atoms with Crippen molar-refractivity contribution >= 4 is 9.84 Å². The summed E-state index contributed by atoms with van der Waals surface area (Å²) in [6.07, 6.45) is 0.982. The molecule has 0 bridgehead atoms. The van der Waals surface area contributed by atoms with Gasteiger partial charge in [-0.25, -0.2) is 8.42 Å². The molecule has 5 heteroatoms. The minimum atomic E-state index is -2.98. The molecule has 1 aliphatic rings. The summed E-state index contributed by atoms with van der Waals surface area (Å²) in [4.78, 5) is 0. The van der Waals surface area contributed by atoms with E-state index in [0.717, 1.165) is 0 Å². The molecular formula is C9H15NO3S. The van der Waals surface area contributed by atoms with Crippen LogP contribution in [0.1, 0.15) is 19.8 Å². The zero-order chi connectivity index (χ0) is 10.7. The minimum Gasteiger partial charge on any atom is -0.382 e. The van der Waals surface area contributed by atoms with Crippen molar-refractivity contribution < 1.29 is 13.2 Å². The fourth-order valence-electron chi connectivity index (χ4n) is 1.67. The number of rotatable bonds is 4. The van der Waals surface area contributed by atoms with E-state index in [9.17, 15) is 8.42 Å². The van der Waals surface area contributed by atoms with Gasteiger partial charge >= 0.3 is 0 Å². The molecule has 1 unspecified atom stereocenters. The maximum atomic E-state index is 11.2. The molecule has 0 amide bonds. The highest BCUT2D eigenvalue weighted by atomic mass is 32.2. The van der Waals surface area contributed by atoms with Gasteiger partial charge in [0, 0.05) is 13.2 Å². The van der Waals surface area contributed by atoms with Crippen molar-refractivity contribution in [1.82, 2.24) is 0 Å². The molecule has 0 spiro atoms. The van der Waals surface area contributed by atoms with Crippen molar-refractivity contribution in [1.29, 1.82) is 5.26 Å². The number of nitrogens with zero attached hydrogens (tertiary/aromatic N) is 1. The SMILES string of the molecule is CCOCCC1(C#N)CCS(=O)(=O)C1. The normalized spacial score (nSPS) is 30.0. The van der Waals surface area contributed by atoms with E-state index in [2.05, 4.69) is 6.07 Å². The van der Waals surface area contributed by atoms with E-state index < -0.39 is 15.3 Å². The van der Waals surface area contributed by atoms with Crippen molar-refractivity contribution in [3.8, 4) is 6.07 Å². The summed E-state index contributed by atoms with van der Waals surface area (Å²) < 4.78 is 27.6. The second-order valence-corrected chi connectivity index (χ2v) is 5.87. The van der Waals surface area contributed by atoms with Gasteiger partial charge in [0.05, 0.1) is 23.0 Å². The number of nitriles is 1. The predicted octanol–water partition coefficient (Wildman–Crippen LogP) is 0.741. The van der Waals surface area contributed by atoms with E-state index in [4.69, 9.17) is 10.00 Å². The smallest absolute Gasteiger partial charge is 0.151 e. The van der Waals surface area contributed by atoms with Gasteiger partial charge in [0.1, 0.15) is 0 Å². The zero-order valence-electron chi connectivity index (χ0n) is 8.32. The van der Waals surface area contributed by atoms with Gasteiger partial charge in [0.2, 0.25) is 0 Å². The summed E-state index contributed by atoms with van der Waals surface area (Å²) in [7, 11) is -2.98. The monoisotopic (exact) mass is 217 g/mol. The molecule has 0 radical (unpaired) electrons. The fraction of sp³-hybridized carbons (Fsp3) is 0.889. The standard InChI is InChI=1S/C9H15NO3S/c1-2-13-5-3-9(7-10)4-6-14(11,12)8-9/h2-6,8H2,1H3. The zero-order valence-corrected chi connectivity index (χ0v) is 9.14. The van der Waals surface area contributed by atoms with E-state index in [1.54, 1.807) is 0 Å². The molecule has 14 heavy (non-hydrogen) atoms. The molecule has 0 aromatic heterocycles. The van der Waals surface area contributed by atoms with E-state index >= 15 is 0 Å². The van der Waals surface area contributed by atoms with Crippen LogP contribution in [0, 0.1) is 16.7 Å². The van der Waals surface area contributed by atoms with Crippen LogP contribution in [0.15, 0.2) is 0 Å². The van der Waals surface area contributed by atoms with Crippen LogP contribution in [0.5, 0.6) is 0 Å². The summed E-state index contributed by atoms with van der Waals surface area (Å²) in [5.41, 5.74) is -0.687. The Morgan fingerprint density at radius 3 is 2.71 bits per heavy atom. The van der Waals surface area contributed by atoms with Crippen LogP contribution >= 0.6 is 0 Å². The first kappa shape index (κ1) is 11.5. The molecule has 0 N–H and O–H groups in total. The molecule has 4 nitrogen and oxygen atoms in total. The predicted molar refractivity (Wildman–Crippen MR) is 52.4 cm³/mol. The van der Waals surface area contributed by atoms with E-state index in [0.29, 0.717) is 26.1 Å². The Labute approximate surface area is 84.8 Å². The lowest BCUT2D eigenvalue weighted by Gasteiger charge is -2.17. The molecule has 0 saturated carbocycles. The molecule has 1 atom stereocenters. The highest BCUT2D eigenvalue weighted by Crippen LogP contribution is 2.34. The van der Waals surface area contributed by atoms with Crippen molar-refractivity contribution in [3.63, 3.8) is 0 Å². The van der Waals surface area contributed by atoms with Gasteiger partial charge in [-0.1, -0.05) is 0 Å². The molecule has 1 saturated heterocycles. The summed E-state index contributed by atoms with van der Waals surface area (Å²) >= 11 is 0. The van der Waals surface area contributed by atoms with Crippen LogP contribution in [-0.2, 0) is 14.6 Å². The van der Waals surface area contributed by atoms with E-state index in [-0.39, 0.29) is 11.5 Å². The number of hydrogen-bond donors (Lipinski definition) is 0. The third kappa shape index (κ3) is 2.69. The Balaban J connectivity index is 2.58. The highest BCUT2D eigenvalue weighted by molar-refractivity contribution is 7.91. The maximum Gasteiger partial charge on any atom is 0.151 e. The lowest BCUT2D eigenvalue weighted by molar-refractivity contribution is 0.124. The van der Waals surface area contributed by atoms with E-state index in [1.165, 1.54) is 0 Å². The van der Waals surface area contributed by atoms with Gasteiger partial charge in [0.15, 0.2) is 9.84 Å². The average Bonchev–Trinajstić information content (AvgIpc) is 2.44. The summed E-state index contributed by atoms with van der Waals surface area (Å²) in [5.74, 6) is 0.149. The topological polar surface area (TPSA) is 67.2 Å². The van der Waals surface area contributed by atoms with Crippen LogP contribution in [-0.4, -0.2) is 33.1 Å². The molecule has 1 aliphatic heterocycles. The lowest BCUT2D eigenvalue weighted by atomic mass is 9.86. The molecule has 1 fully saturated rings. The van der Waals surface area contributed by atoms with Crippen molar-refractivity contribution in [2.75, 3.05) is 24.7 Å². The lowest BCUT2D eigenvalue weighted by Crippen LogP contribution is -2.22. The molecular weight excluding hydrogens is 202 g/mol. The van der Waals surface area contributed by atoms with Crippen LogP contribution in [0.2, 0.25) is 0 Å². The Morgan fingerprint density at radius 2 is 2.29 bits per heavy atom. The van der Waals surface area contributed by atoms with Crippen LogP contribution < -0.4 is 0 Å². The average molecular weight is 217 g/mol. The number of hydrogen-bond acceptors (Lipinski definition) is 4. The van der Waals surface area contributed by atoms with Crippen LogP contribution in [0.4, 0.5) is 0 Å². The highest BCUT2D eigenvalue weighted by Gasteiger charge is 2.42. The summed E-state index contributed by atoms with van der Waals surface area (Å²) in [6, 6.07) is 2.13. The van der Waals surface area contributed by atoms with Gasteiger partial charge in [-0.05, 0) is 19.8 Å². The molecule has 0 aromatic rings. The summed E-state index contributed by atoms with van der Waals surface area (Å²) in [5, 5.41) is 8.98. The second-order valence-electron chi connectivity index (χ2n) is 3.68. The maximum absolute atomic E-state index is 11.2. The minimum absolute atomic E-state index is 0.00355.